The summed E-state index contributed by atoms with van der Waals surface area (Å²) in [6.07, 6.45) is 0.697. The lowest BCUT2D eigenvalue weighted by molar-refractivity contribution is -0.127. The largest absolute Gasteiger partial charge is 0.506 e. The number of ether oxygens (including phenoxy) is 1. The first kappa shape index (κ1) is 17.6. The van der Waals surface area contributed by atoms with Gasteiger partial charge in [0.1, 0.15) is 17.3 Å². The molecule has 27 heavy (non-hydrogen) atoms. The van der Waals surface area contributed by atoms with Crippen LogP contribution in [-0.2, 0) is 14.9 Å². The Morgan fingerprint density at radius 2 is 1.81 bits per heavy atom. The summed E-state index contributed by atoms with van der Waals surface area (Å²) in [5, 5.41) is 22.2. The first-order valence-electron chi connectivity index (χ1n) is 8.91. The van der Waals surface area contributed by atoms with Crippen LogP contribution >= 0.6 is 0 Å². The number of ketones is 2. The molecular formula is C21H22O6. The van der Waals surface area contributed by atoms with Gasteiger partial charge in [-0.3, -0.25) is 9.59 Å². The minimum atomic E-state index is -0.929. The van der Waals surface area contributed by atoms with Crippen molar-refractivity contribution in [3.63, 3.8) is 0 Å². The summed E-state index contributed by atoms with van der Waals surface area (Å²) in [4.78, 5) is 25.9. The van der Waals surface area contributed by atoms with Crippen LogP contribution in [0.1, 0.15) is 55.3 Å². The second-order valence-electron chi connectivity index (χ2n) is 8.16. The van der Waals surface area contributed by atoms with E-state index >= 15 is 0 Å². The average molecular weight is 370 g/mol. The van der Waals surface area contributed by atoms with E-state index in [1.165, 1.54) is 7.11 Å². The number of methoxy groups -OCH3 is 1. The minimum Gasteiger partial charge on any atom is -0.506 e. The van der Waals surface area contributed by atoms with Crippen LogP contribution in [0.15, 0.2) is 21.8 Å². The highest BCUT2D eigenvalue weighted by atomic mass is 16.5. The number of furan rings is 1. The minimum absolute atomic E-state index is 0.0133. The molecule has 0 bridgehead atoms. The molecule has 0 aliphatic heterocycles. The molecule has 1 aromatic carbocycles. The summed E-state index contributed by atoms with van der Waals surface area (Å²) in [5.41, 5.74) is -0.752. The Morgan fingerprint density at radius 1 is 1.15 bits per heavy atom. The predicted octanol–water partition coefficient (Wildman–Crippen LogP) is 3.90. The number of phenols is 2. The van der Waals surface area contributed by atoms with Crippen molar-refractivity contribution in [2.45, 2.75) is 46.0 Å². The molecule has 1 aromatic heterocycles. The fourth-order valence-corrected chi connectivity index (χ4v) is 4.95. The number of hydrogen-bond acceptors (Lipinski definition) is 6. The van der Waals surface area contributed by atoms with Gasteiger partial charge in [-0.2, -0.15) is 0 Å². The zero-order valence-corrected chi connectivity index (χ0v) is 16.0. The summed E-state index contributed by atoms with van der Waals surface area (Å²) in [6.45, 7) is 7.12. The monoisotopic (exact) mass is 370 g/mol. The number of carbonyl (C=O) groups excluding carboxylic acids is 2. The lowest BCUT2D eigenvalue weighted by atomic mass is 9.54. The zero-order valence-electron chi connectivity index (χ0n) is 16.0. The fraction of sp³-hybridized carbons (Fsp3) is 0.429. The number of benzene rings is 1. The van der Waals surface area contributed by atoms with Crippen molar-refractivity contribution in [3.8, 4) is 11.5 Å². The first-order valence-corrected chi connectivity index (χ1v) is 8.91. The van der Waals surface area contributed by atoms with Crippen LogP contribution in [0.2, 0.25) is 0 Å². The molecule has 2 aliphatic rings. The maximum Gasteiger partial charge on any atom is 0.231 e. The Balaban J connectivity index is 2.19. The van der Waals surface area contributed by atoms with E-state index in [1.807, 2.05) is 6.92 Å². The molecule has 2 aromatic rings. The number of carbonyl (C=O) groups is 2. The summed E-state index contributed by atoms with van der Waals surface area (Å²) in [5.74, 6) is -0.341. The Morgan fingerprint density at radius 3 is 2.44 bits per heavy atom. The molecule has 0 saturated heterocycles. The van der Waals surface area contributed by atoms with Crippen LogP contribution in [0.25, 0.3) is 11.0 Å². The van der Waals surface area contributed by atoms with Crippen molar-refractivity contribution < 1.29 is 29.0 Å². The molecule has 1 unspecified atom stereocenters. The molecule has 1 fully saturated rings. The van der Waals surface area contributed by atoms with Crippen molar-refractivity contribution in [1.29, 1.82) is 0 Å². The molecule has 1 heterocycles. The maximum absolute atomic E-state index is 13.3. The normalized spacial score (nSPS) is 24.2. The third-order valence-corrected chi connectivity index (χ3v) is 6.19. The molecule has 0 amide bonds. The Hall–Kier alpha value is -2.76. The van der Waals surface area contributed by atoms with Gasteiger partial charge in [0, 0.05) is 22.8 Å². The summed E-state index contributed by atoms with van der Waals surface area (Å²) >= 11 is 0. The Kier molecular flexibility index (Phi) is 3.37. The quantitative estimate of drug-likeness (QED) is 0.739. The smallest absolute Gasteiger partial charge is 0.231 e. The van der Waals surface area contributed by atoms with Crippen molar-refractivity contribution in [2.24, 2.45) is 5.41 Å². The first-order chi connectivity index (χ1) is 12.6. The van der Waals surface area contributed by atoms with Crippen LogP contribution in [0.3, 0.4) is 0 Å². The van der Waals surface area contributed by atoms with E-state index in [4.69, 9.17) is 9.15 Å². The van der Waals surface area contributed by atoms with Crippen LogP contribution in [0, 0.1) is 12.3 Å². The number of phenolic OH excluding ortho intramolecular Hbond substituents is 2. The van der Waals surface area contributed by atoms with Crippen LogP contribution in [-0.4, -0.2) is 28.9 Å². The number of rotatable bonds is 1. The molecule has 2 aliphatic carbocycles. The van der Waals surface area contributed by atoms with E-state index in [2.05, 4.69) is 0 Å². The maximum atomic E-state index is 13.3. The highest BCUT2D eigenvalue weighted by Crippen LogP contribution is 2.59. The second kappa shape index (κ2) is 5.15. The van der Waals surface area contributed by atoms with E-state index in [0.29, 0.717) is 29.7 Å². The lowest BCUT2D eigenvalue weighted by Crippen LogP contribution is -2.48. The van der Waals surface area contributed by atoms with E-state index in [9.17, 15) is 19.8 Å². The molecular weight excluding hydrogens is 348 g/mol. The van der Waals surface area contributed by atoms with Gasteiger partial charge in [-0.25, -0.2) is 0 Å². The zero-order chi connectivity index (χ0) is 19.9. The van der Waals surface area contributed by atoms with Gasteiger partial charge >= 0.3 is 0 Å². The van der Waals surface area contributed by atoms with E-state index in [-0.39, 0.29) is 39.6 Å². The molecule has 1 saturated carbocycles. The number of fused-ring (bicyclic) bond motifs is 4. The highest BCUT2D eigenvalue weighted by Gasteiger charge is 2.56. The van der Waals surface area contributed by atoms with Gasteiger partial charge in [-0.1, -0.05) is 6.92 Å². The Labute approximate surface area is 156 Å². The van der Waals surface area contributed by atoms with Gasteiger partial charge < -0.3 is 19.4 Å². The summed E-state index contributed by atoms with van der Waals surface area (Å²) in [7, 11) is 1.39. The molecule has 6 nitrogen and oxygen atoms in total. The van der Waals surface area contributed by atoms with Crippen LogP contribution < -0.4 is 0 Å². The highest BCUT2D eigenvalue weighted by molar-refractivity contribution is 6.17. The predicted molar refractivity (Wildman–Crippen MR) is 98.0 cm³/mol. The fourth-order valence-electron chi connectivity index (χ4n) is 4.95. The van der Waals surface area contributed by atoms with Gasteiger partial charge in [0.25, 0.3) is 0 Å². The average Bonchev–Trinajstić information content (AvgIpc) is 3.00. The standard InChI is InChI=1S/C21H22O6/c1-9-8-10-14(23)12-13(16(25)17(10)27-9)21(4)7-6-11(22)20(2,3)19(21)18(26-5)15(12)24/h8,23,25H,6-7H2,1-5H3. The number of aryl methyl sites for hydroxylation is 1. The second-order valence-corrected chi connectivity index (χ2v) is 8.16. The van der Waals surface area contributed by atoms with Crippen LogP contribution in [0.5, 0.6) is 11.5 Å². The molecule has 0 radical (unpaired) electrons. The molecule has 142 valence electrons. The van der Waals surface area contributed by atoms with Crippen molar-refractivity contribution >= 4 is 22.5 Å². The van der Waals surface area contributed by atoms with Gasteiger partial charge in [-0.05, 0) is 38.8 Å². The third kappa shape index (κ3) is 1.95. The number of allylic oxidation sites excluding steroid dienone is 2. The summed E-state index contributed by atoms with van der Waals surface area (Å²) in [6, 6.07) is 1.58. The van der Waals surface area contributed by atoms with E-state index < -0.39 is 16.6 Å². The van der Waals surface area contributed by atoms with Gasteiger partial charge in [-0.15, -0.1) is 0 Å². The molecule has 0 spiro atoms. The summed E-state index contributed by atoms with van der Waals surface area (Å²) < 4.78 is 11.0. The lowest BCUT2D eigenvalue weighted by Gasteiger charge is -2.48. The third-order valence-electron chi connectivity index (χ3n) is 6.19. The molecule has 4 rings (SSSR count). The van der Waals surface area contributed by atoms with Gasteiger partial charge in [0.05, 0.1) is 18.1 Å². The van der Waals surface area contributed by atoms with E-state index in [1.54, 1.807) is 26.8 Å². The Bertz CT molecular complexity index is 1070. The number of Topliss-reactive ketones (excluding diaryl/α,β-unsaturated/α-hetero) is 2. The van der Waals surface area contributed by atoms with Crippen molar-refractivity contribution in [3.05, 3.63) is 34.3 Å². The van der Waals surface area contributed by atoms with Gasteiger partial charge in [0.2, 0.25) is 5.78 Å². The molecule has 6 heteroatoms. The van der Waals surface area contributed by atoms with Gasteiger partial charge in [0.15, 0.2) is 17.1 Å². The molecule has 2 N–H and O–H groups in total. The van der Waals surface area contributed by atoms with E-state index in [0.717, 1.165) is 0 Å². The van der Waals surface area contributed by atoms with Crippen molar-refractivity contribution in [1.82, 2.24) is 0 Å². The van der Waals surface area contributed by atoms with Crippen molar-refractivity contribution in [2.75, 3.05) is 7.11 Å². The van der Waals surface area contributed by atoms with Crippen LogP contribution in [0.4, 0.5) is 0 Å². The number of hydrogen-bond donors (Lipinski definition) is 2. The molecule has 1 atom stereocenters. The SMILES string of the molecule is COC1=C2C(C)(C)C(=O)CCC2(C)c2c(c(O)c3cc(C)oc3c2O)C1=O. The topological polar surface area (TPSA) is 97.0 Å². The number of aromatic hydroxyl groups is 2.